The van der Waals surface area contributed by atoms with E-state index in [0.29, 0.717) is 43.0 Å². The second-order valence-corrected chi connectivity index (χ2v) is 10.6. The molecule has 0 saturated heterocycles. The lowest BCUT2D eigenvalue weighted by Crippen LogP contribution is -2.42. The molecule has 11 heteroatoms. The molecule has 0 bridgehead atoms. The lowest BCUT2D eigenvalue weighted by molar-refractivity contribution is 0.0966. The molecule has 2 aromatic heterocycles. The Hall–Kier alpha value is -4.67. The third-order valence-corrected chi connectivity index (χ3v) is 7.59. The number of carbonyl (C=O) groups excluding carboxylic acids is 1. The second kappa shape index (κ2) is 11.7. The maximum atomic E-state index is 14.1. The van der Waals surface area contributed by atoms with Crippen molar-refractivity contribution in [1.29, 1.82) is 0 Å². The highest BCUT2D eigenvalue weighted by Crippen LogP contribution is 2.38. The lowest BCUT2D eigenvalue weighted by atomic mass is 9.97. The molecule has 4 aromatic rings. The van der Waals surface area contributed by atoms with Crippen molar-refractivity contribution in [2.45, 2.75) is 60.0 Å². The van der Waals surface area contributed by atoms with Crippen molar-refractivity contribution in [2.75, 3.05) is 13.7 Å². The van der Waals surface area contributed by atoms with E-state index in [0.717, 1.165) is 39.2 Å². The maximum absolute atomic E-state index is 14.1. The average molecular weight is 573 g/mol. The van der Waals surface area contributed by atoms with Crippen molar-refractivity contribution in [3.8, 4) is 28.6 Å². The summed E-state index contributed by atoms with van der Waals surface area (Å²) in [6, 6.07) is 10.0. The standard InChI is InChI=1S/C31H36N6O5/c1-7-42-26-15-21-10-12-36-23(22(21)16-25(26)41-6)17-27(32-28-19(3)13-18(2)14-20(28)4)37(31(36)40)11-8-9-24(38)29-30(39)33-34-35(29)5/h13-17,39H,7-12H2,1-6H3. The van der Waals surface area contributed by atoms with Gasteiger partial charge in [-0.1, -0.05) is 28.0 Å². The van der Waals surface area contributed by atoms with Crippen LogP contribution in [-0.4, -0.2) is 48.7 Å². The van der Waals surface area contributed by atoms with E-state index in [1.54, 1.807) is 23.3 Å². The molecule has 0 amide bonds. The lowest BCUT2D eigenvalue weighted by Gasteiger charge is -2.25. The van der Waals surface area contributed by atoms with Gasteiger partial charge in [-0.05, 0) is 69.4 Å². The summed E-state index contributed by atoms with van der Waals surface area (Å²) in [5.74, 6) is 0.583. The van der Waals surface area contributed by atoms with Crippen LogP contribution in [0.3, 0.4) is 0 Å². The Morgan fingerprint density at radius 3 is 2.48 bits per heavy atom. The third kappa shape index (κ3) is 5.34. The van der Waals surface area contributed by atoms with E-state index in [-0.39, 0.29) is 30.1 Å². The molecule has 5 rings (SSSR count). The van der Waals surface area contributed by atoms with Gasteiger partial charge in [-0.2, -0.15) is 0 Å². The quantitative estimate of drug-likeness (QED) is 0.301. The van der Waals surface area contributed by atoms with Crippen LogP contribution in [0.5, 0.6) is 17.4 Å². The summed E-state index contributed by atoms with van der Waals surface area (Å²) >= 11 is 0. The minimum Gasteiger partial charge on any atom is -0.493 e. The number of nitrogens with zero attached hydrogens (tertiary/aromatic N) is 6. The van der Waals surface area contributed by atoms with Gasteiger partial charge in [-0.25, -0.2) is 14.5 Å². The molecule has 1 aliphatic heterocycles. The SMILES string of the molecule is CCOc1cc2c(cc1OC)-c1cc(=Nc3c(C)cc(C)cc3C)n(CCCC(=O)c3c(O)nnn3C)c(=O)n1CC2. The summed E-state index contributed by atoms with van der Waals surface area (Å²) in [7, 11) is 3.16. The van der Waals surface area contributed by atoms with Crippen LogP contribution >= 0.6 is 0 Å². The Bertz CT molecular complexity index is 1770. The molecule has 0 unspecified atom stereocenters. The van der Waals surface area contributed by atoms with Crippen molar-refractivity contribution in [1.82, 2.24) is 24.1 Å². The zero-order valence-corrected chi connectivity index (χ0v) is 24.9. The molecule has 0 aliphatic carbocycles. The van der Waals surface area contributed by atoms with Crippen LogP contribution < -0.4 is 20.7 Å². The molecule has 11 nitrogen and oxygen atoms in total. The van der Waals surface area contributed by atoms with Crippen molar-refractivity contribution in [3.63, 3.8) is 0 Å². The highest BCUT2D eigenvalue weighted by Gasteiger charge is 2.23. The molecule has 2 aromatic carbocycles. The van der Waals surface area contributed by atoms with E-state index in [1.165, 1.54) is 4.68 Å². The van der Waals surface area contributed by atoms with Crippen LogP contribution in [-0.2, 0) is 26.6 Å². The smallest absolute Gasteiger partial charge is 0.330 e. The second-order valence-electron chi connectivity index (χ2n) is 10.6. The van der Waals surface area contributed by atoms with Crippen LogP contribution in [0, 0.1) is 20.8 Å². The number of aromatic nitrogens is 5. The summed E-state index contributed by atoms with van der Waals surface area (Å²) in [6.45, 7) is 9.27. The van der Waals surface area contributed by atoms with Crippen molar-refractivity contribution in [3.05, 3.63) is 74.3 Å². The summed E-state index contributed by atoms with van der Waals surface area (Å²) in [4.78, 5) is 31.9. The van der Waals surface area contributed by atoms with Gasteiger partial charge >= 0.3 is 5.69 Å². The fourth-order valence-electron chi connectivity index (χ4n) is 5.71. The van der Waals surface area contributed by atoms with Gasteiger partial charge in [0.15, 0.2) is 23.0 Å². The van der Waals surface area contributed by atoms with Gasteiger partial charge in [0.2, 0.25) is 0 Å². The number of aromatic hydroxyl groups is 1. The molecule has 0 atom stereocenters. The highest BCUT2D eigenvalue weighted by atomic mass is 16.5. The van der Waals surface area contributed by atoms with Crippen LogP contribution in [0.25, 0.3) is 11.3 Å². The van der Waals surface area contributed by atoms with E-state index in [1.807, 2.05) is 45.9 Å². The Morgan fingerprint density at radius 1 is 1.10 bits per heavy atom. The Morgan fingerprint density at radius 2 is 1.83 bits per heavy atom. The molecule has 3 heterocycles. The number of benzene rings is 2. The number of Topliss-reactive ketones (excluding diaryl/α,β-unsaturated/α-hetero) is 1. The Labute approximate surface area is 243 Å². The van der Waals surface area contributed by atoms with Gasteiger partial charge < -0.3 is 14.6 Å². The predicted molar refractivity (Wildman–Crippen MR) is 158 cm³/mol. The number of hydrogen-bond acceptors (Lipinski definition) is 8. The van der Waals surface area contributed by atoms with Gasteiger partial charge in [-0.15, -0.1) is 0 Å². The number of aryl methyl sites for hydroxylation is 5. The maximum Gasteiger partial charge on any atom is 0.330 e. The minimum atomic E-state index is -0.397. The number of methoxy groups -OCH3 is 1. The molecule has 1 N–H and O–H groups in total. The number of fused-ring (bicyclic) bond motifs is 3. The predicted octanol–water partition coefficient (Wildman–Crippen LogP) is 3.94. The molecule has 0 saturated carbocycles. The van der Waals surface area contributed by atoms with Crippen LogP contribution in [0.15, 0.2) is 40.1 Å². The van der Waals surface area contributed by atoms with Crippen molar-refractivity contribution < 1.29 is 19.4 Å². The number of carbonyl (C=O) groups is 1. The number of rotatable bonds is 9. The highest BCUT2D eigenvalue weighted by molar-refractivity contribution is 5.96. The molecule has 0 fully saturated rings. The topological polar surface area (TPSA) is 126 Å². The molecular weight excluding hydrogens is 536 g/mol. The zero-order valence-electron chi connectivity index (χ0n) is 24.9. The first-order valence-electron chi connectivity index (χ1n) is 14.1. The van der Waals surface area contributed by atoms with Crippen molar-refractivity contribution >= 4 is 11.5 Å². The summed E-state index contributed by atoms with van der Waals surface area (Å²) in [5, 5.41) is 17.2. The normalized spacial score (nSPS) is 12.7. The first-order chi connectivity index (χ1) is 20.1. The van der Waals surface area contributed by atoms with E-state index in [2.05, 4.69) is 22.4 Å². The van der Waals surface area contributed by atoms with Gasteiger partial charge in [0, 0.05) is 38.2 Å². The third-order valence-electron chi connectivity index (χ3n) is 7.59. The van der Waals surface area contributed by atoms with Crippen LogP contribution in [0.1, 0.15) is 52.5 Å². The number of ether oxygens (including phenoxy) is 2. The van der Waals surface area contributed by atoms with Gasteiger partial charge in [0.25, 0.3) is 5.88 Å². The van der Waals surface area contributed by atoms with Gasteiger partial charge in [-0.3, -0.25) is 13.9 Å². The zero-order chi connectivity index (χ0) is 30.1. The van der Waals surface area contributed by atoms with E-state index >= 15 is 0 Å². The molecule has 1 aliphatic rings. The fourth-order valence-corrected chi connectivity index (χ4v) is 5.71. The molecule has 0 radical (unpaired) electrons. The van der Waals surface area contributed by atoms with E-state index < -0.39 is 5.88 Å². The van der Waals surface area contributed by atoms with Gasteiger partial charge in [0.1, 0.15) is 5.49 Å². The molecule has 220 valence electrons. The number of hydrogen-bond donors (Lipinski definition) is 1. The number of ketones is 1. The minimum absolute atomic E-state index is 0.0509. The summed E-state index contributed by atoms with van der Waals surface area (Å²) in [6.07, 6.45) is 1.12. The summed E-state index contributed by atoms with van der Waals surface area (Å²) in [5.41, 5.74) is 7.03. The van der Waals surface area contributed by atoms with Crippen molar-refractivity contribution in [2.24, 2.45) is 12.0 Å². The molecule has 42 heavy (non-hydrogen) atoms. The average Bonchev–Trinajstić information content (AvgIpc) is 3.29. The summed E-state index contributed by atoms with van der Waals surface area (Å²) < 4.78 is 16.1. The Kier molecular flexibility index (Phi) is 8.02. The van der Waals surface area contributed by atoms with E-state index in [9.17, 15) is 14.7 Å². The molecular formula is C31H36N6O5. The first-order valence-corrected chi connectivity index (χ1v) is 14.1. The van der Waals surface area contributed by atoms with Gasteiger partial charge in [0.05, 0.1) is 25.1 Å². The van der Waals surface area contributed by atoms with Crippen LogP contribution in [0.2, 0.25) is 0 Å². The van der Waals surface area contributed by atoms with Crippen LogP contribution in [0.4, 0.5) is 5.69 Å². The molecule has 0 spiro atoms. The largest absolute Gasteiger partial charge is 0.493 e. The monoisotopic (exact) mass is 572 g/mol. The first kappa shape index (κ1) is 28.8. The van der Waals surface area contributed by atoms with E-state index in [4.69, 9.17) is 14.5 Å². The fraction of sp³-hybridized carbons (Fsp3) is 0.387. The Balaban J connectivity index is 1.63.